The van der Waals surface area contributed by atoms with Gasteiger partial charge in [0.05, 0.1) is 5.69 Å². The normalized spacial score (nSPS) is 22.1. The second-order valence-corrected chi connectivity index (χ2v) is 5.79. The van der Waals surface area contributed by atoms with Crippen molar-refractivity contribution in [2.45, 2.75) is 32.7 Å². The molecule has 0 spiro atoms. The molecule has 0 saturated carbocycles. The van der Waals surface area contributed by atoms with Crippen LogP contribution in [0.15, 0.2) is 22.7 Å². The van der Waals surface area contributed by atoms with E-state index in [1.54, 1.807) is 0 Å². The van der Waals surface area contributed by atoms with E-state index in [-0.39, 0.29) is 0 Å². The minimum Gasteiger partial charge on any atom is -0.371 e. The molecular weight excluding hydrogens is 276 g/mol. The van der Waals surface area contributed by atoms with Crippen LogP contribution in [0.25, 0.3) is 0 Å². The first-order valence-electron chi connectivity index (χ1n) is 6.41. The molecule has 1 saturated heterocycles. The van der Waals surface area contributed by atoms with Gasteiger partial charge in [0.1, 0.15) is 0 Å². The van der Waals surface area contributed by atoms with Gasteiger partial charge in [-0.1, -0.05) is 6.07 Å². The molecule has 94 valence electrons. The third kappa shape index (κ3) is 3.46. The summed E-state index contributed by atoms with van der Waals surface area (Å²) in [7, 11) is 0. The first-order valence-corrected chi connectivity index (χ1v) is 7.20. The summed E-state index contributed by atoms with van der Waals surface area (Å²) in [6.07, 6.45) is 2.42. The average molecular weight is 297 g/mol. The Balaban J connectivity index is 2.13. The van der Waals surface area contributed by atoms with Crippen LogP contribution in [0.3, 0.4) is 0 Å². The van der Waals surface area contributed by atoms with E-state index in [2.05, 4.69) is 58.2 Å². The third-order valence-electron chi connectivity index (χ3n) is 3.37. The molecule has 0 aromatic heterocycles. The largest absolute Gasteiger partial charge is 0.371 e. The van der Waals surface area contributed by atoms with Crippen LogP contribution in [0.5, 0.6) is 0 Å². The minimum absolute atomic E-state index is 0.627. The van der Waals surface area contributed by atoms with Crippen molar-refractivity contribution >= 4 is 21.6 Å². The van der Waals surface area contributed by atoms with E-state index in [9.17, 15) is 0 Å². The lowest BCUT2D eigenvalue weighted by Gasteiger charge is -2.30. The number of halogens is 1. The number of benzene rings is 1. The van der Waals surface area contributed by atoms with Gasteiger partial charge in [0.25, 0.3) is 0 Å². The Bertz CT molecular complexity index is 378. The van der Waals surface area contributed by atoms with Crippen molar-refractivity contribution in [3.63, 3.8) is 0 Å². The molecule has 1 atom stereocenters. The molecular formula is C14H21BrN2. The number of nitrogens with one attached hydrogen (secondary N) is 1. The molecule has 1 aliphatic heterocycles. The molecule has 1 unspecified atom stereocenters. The monoisotopic (exact) mass is 296 g/mol. The Morgan fingerprint density at radius 3 is 2.94 bits per heavy atom. The van der Waals surface area contributed by atoms with Gasteiger partial charge in [-0.2, -0.15) is 0 Å². The molecule has 0 amide bonds. The van der Waals surface area contributed by atoms with Gasteiger partial charge in [0.15, 0.2) is 0 Å². The van der Waals surface area contributed by atoms with E-state index in [1.165, 1.54) is 28.6 Å². The maximum Gasteiger partial charge on any atom is 0.0510 e. The second kappa shape index (κ2) is 5.87. The summed E-state index contributed by atoms with van der Waals surface area (Å²) in [5.41, 5.74) is 2.65. The second-order valence-electron chi connectivity index (χ2n) is 4.94. The van der Waals surface area contributed by atoms with Crippen LogP contribution in [0.2, 0.25) is 0 Å². The third-order valence-corrected chi connectivity index (χ3v) is 4.01. The molecule has 0 aliphatic carbocycles. The van der Waals surface area contributed by atoms with Crippen LogP contribution in [-0.2, 0) is 0 Å². The molecule has 1 aliphatic rings. The van der Waals surface area contributed by atoms with Gasteiger partial charge < -0.3 is 10.2 Å². The van der Waals surface area contributed by atoms with E-state index in [4.69, 9.17) is 0 Å². The van der Waals surface area contributed by atoms with Crippen molar-refractivity contribution in [3.8, 4) is 0 Å². The topological polar surface area (TPSA) is 15.3 Å². The van der Waals surface area contributed by atoms with Crippen molar-refractivity contribution in [2.75, 3.05) is 24.5 Å². The van der Waals surface area contributed by atoms with Gasteiger partial charge >= 0.3 is 0 Å². The molecule has 2 rings (SSSR count). The Morgan fingerprint density at radius 1 is 1.35 bits per heavy atom. The van der Waals surface area contributed by atoms with Crippen LogP contribution < -0.4 is 10.2 Å². The van der Waals surface area contributed by atoms with Crippen LogP contribution in [-0.4, -0.2) is 25.7 Å². The van der Waals surface area contributed by atoms with E-state index < -0.39 is 0 Å². The number of hydrogen-bond donors (Lipinski definition) is 1. The highest BCUT2D eigenvalue weighted by Crippen LogP contribution is 2.28. The molecule has 1 aromatic carbocycles. The number of rotatable bonds is 1. The van der Waals surface area contributed by atoms with Gasteiger partial charge in [0.2, 0.25) is 0 Å². The Morgan fingerprint density at radius 2 is 2.18 bits per heavy atom. The van der Waals surface area contributed by atoms with Crippen LogP contribution in [0, 0.1) is 6.92 Å². The molecule has 1 aromatic rings. The fourth-order valence-corrected chi connectivity index (χ4v) is 3.04. The lowest BCUT2D eigenvalue weighted by Crippen LogP contribution is -2.38. The fraction of sp³-hybridized carbons (Fsp3) is 0.571. The summed E-state index contributed by atoms with van der Waals surface area (Å²) >= 11 is 3.69. The van der Waals surface area contributed by atoms with Crippen molar-refractivity contribution < 1.29 is 0 Å². The number of hydrogen-bond acceptors (Lipinski definition) is 2. The van der Waals surface area contributed by atoms with Crippen LogP contribution in [0.4, 0.5) is 5.69 Å². The summed E-state index contributed by atoms with van der Waals surface area (Å²) in [5, 5.41) is 3.54. The molecule has 1 N–H and O–H groups in total. The van der Waals surface area contributed by atoms with Crippen LogP contribution >= 0.6 is 15.9 Å². The molecule has 1 fully saturated rings. The number of aryl methyl sites for hydroxylation is 1. The predicted molar refractivity (Wildman–Crippen MR) is 77.8 cm³/mol. The minimum atomic E-state index is 0.627. The maximum absolute atomic E-state index is 3.69. The summed E-state index contributed by atoms with van der Waals surface area (Å²) < 4.78 is 1.22. The van der Waals surface area contributed by atoms with Crippen molar-refractivity contribution in [1.29, 1.82) is 0 Å². The SMILES string of the molecule is Cc1ccc(N2CCCNC(C)CC2)c(Br)c1. The number of anilines is 1. The summed E-state index contributed by atoms with van der Waals surface area (Å²) in [6, 6.07) is 7.26. The van der Waals surface area contributed by atoms with E-state index in [0.717, 1.165) is 19.6 Å². The highest BCUT2D eigenvalue weighted by atomic mass is 79.9. The number of nitrogens with zero attached hydrogens (tertiary/aromatic N) is 1. The maximum atomic E-state index is 3.69. The van der Waals surface area contributed by atoms with E-state index in [1.807, 2.05) is 0 Å². The molecule has 1 heterocycles. The Hall–Kier alpha value is -0.540. The molecule has 0 radical (unpaired) electrons. The first-order chi connectivity index (χ1) is 8.16. The van der Waals surface area contributed by atoms with Crippen molar-refractivity contribution in [1.82, 2.24) is 5.32 Å². The van der Waals surface area contributed by atoms with Gasteiger partial charge in [-0.25, -0.2) is 0 Å². The molecule has 2 nitrogen and oxygen atoms in total. The average Bonchev–Trinajstić information content (AvgIpc) is 2.26. The summed E-state index contributed by atoms with van der Waals surface area (Å²) in [5.74, 6) is 0. The zero-order valence-corrected chi connectivity index (χ0v) is 12.3. The lowest BCUT2D eigenvalue weighted by atomic mass is 10.1. The Kier molecular flexibility index (Phi) is 4.46. The lowest BCUT2D eigenvalue weighted by molar-refractivity contribution is 0.475. The first kappa shape index (κ1) is 12.9. The fourth-order valence-electron chi connectivity index (χ4n) is 2.29. The molecule has 3 heteroatoms. The summed E-state index contributed by atoms with van der Waals surface area (Å²) in [4.78, 5) is 2.50. The summed E-state index contributed by atoms with van der Waals surface area (Å²) in [6.45, 7) is 7.81. The quantitative estimate of drug-likeness (QED) is 0.855. The van der Waals surface area contributed by atoms with Crippen molar-refractivity contribution in [3.05, 3.63) is 28.2 Å². The Labute approximate surface area is 113 Å². The van der Waals surface area contributed by atoms with Gasteiger partial charge in [-0.05, 0) is 66.9 Å². The molecule has 0 bridgehead atoms. The van der Waals surface area contributed by atoms with E-state index in [0.29, 0.717) is 6.04 Å². The smallest absolute Gasteiger partial charge is 0.0510 e. The standard InChI is InChI=1S/C14H21BrN2/c1-11-4-5-14(13(15)10-11)17-8-3-7-16-12(2)6-9-17/h4-5,10,12,16H,3,6-9H2,1-2H3. The van der Waals surface area contributed by atoms with Gasteiger partial charge in [-0.3, -0.25) is 0 Å². The van der Waals surface area contributed by atoms with Crippen LogP contribution in [0.1, 0.15) is 25.3 Å². The zero-order valence-electron chi connectivity index (χ0n) is 10.7. The zero-order chi connectivity index (χ0) is 12.3. The predicted octanol–water partition coefficient (Wildman–Crippen LogP) is 3.34. The van der Waals surface area contributed by atoms with Crippen molar-refractivity contribution in [2.24, 2.45) is 0 Å². The highest BCUT2D eigenvalue weighted by molar-refractivity contribution is 9.10. The van der Waals surface area contributed by atoms with Gasteiger partial charge in [-0.15, -0.1) is 0 Å². The van der Waals surface area contributed by atoms with E-state index >= 15 is 0 Å². The molecule has 17 heavy (non-hydrogen) atoms. The highest BCUT2D eigenvalue weighted by Gasteiger charge is 2.14. The van der Waals surface area contributed by atoms with Gasteiger partial charge in [0, 0.05) is 23.6 Å².